The topological polar surface area (TPSA) is 49.4 Å². The number of aryl methyl sites for hydroxylation is 1. The van der Waals surface area contributed by atoms with E-state index in [0.717, 1.165) is 21.3 Å². The van der Waals surface area contributed by atoms with Gasteiger partial charge in [0.1, 0.15) is 0 Å². The number of hydrogen-bond acceptors (Lipinski definition) is 2. The second-order valence-corrected chi connectivity index (χ2v) is 6.43. The van der Waals surface area contributed by atoms with Gasteiger partial charge in [-0.3, -0.25) is 9.59 Å². The molecule has 0 heterocycles. The molecule has 2 aromatic rings. The van der Waals surface area contributed by atoms with Crippen LogP contribution in [0.15, 0.2) is 53.0 Å². The van der Waals surface area contributed by atoms with Crippen LogP contribution in [-0.2, 0) is 16.1 Å². The highest BCUT2D eigenvalue weighted by Gasteiger charge is 2.15. The average Bonchev–Trinajstić information content (AvgIpc) is 2.55. The summed E-state index contributed by atoms with van der Waals surface area (Å²) in [5.41, 5.74) is 3.02. The van der Waals surface area contributed by atoms with Gasteiger partial charge in [-0.15, -0.1) is 0 Å². The van der Waals surface area contributed by atoms with Crippen molar-refractivity contribution in [3.63, 3.8) is 0 Å². The van der Waals surface area contributed by atoms with E-state index < -0.39 is 0 Å². The van der Waals surface area contributed by atoms with Crippen molar-refractivity contribution in [1.82, 2.24) is 5.32 Å². The van der Waals surface area contributed by atoms with Crippen LogP contribution in [0.4, 0.5) is 5.69 Å². The average molecular weight is 389 g/mol. The van der Waals surface area contributed by atoms with Crippen LogP contribution in [0.5, 0.6) is 0 Å². The highest BCUT2D eigenvalue weighted by molar-refractivity contribution is 9.10. The molecule has 2 rings (SSSR count). The summed E-state index contributed by atoms with van der Waals surface area (Å²) in [7, 11) is 0. The molecule has 24 heavy (non-hydrogen) atoms. The van der Waals surface area contributed by atoms with E-state index in [4.69, 9.17) is 0 Å². The summed E-state index contributed by atoms with van der Waals surface area (Å²) < 4.78 is 0.834. The molecule has 126 valence electrons. The van der Waals surface area contributed by atoms with Crippen LogP contribution in [0.2, 0.25) is 0 Å². The fourth-order valence-corrected chi connectivity index (χ4v) is 2.92. The maximum atomic E-state index is 12.1. The Bertz CT molecular complexity index is 731. The third-order valence-electron chi connectivity index (χ3n) is 3.82. The zero-order chi connectivity index (χ0) is 17.5. The van der Waals surface area contributed by atoms with Gasteiger partial charge in [0.2, 0.25) is 11.8 Å². The number of nitrogens with zero attached hydrogens (tertiary/aromatic N) is 1. The molecule has 0 bridgehead atoms. The molecule has 0 aliphatic heterocycles. The maximum absolute atomic E-state index is 12.1. The number of hydrogen-bond donors (Lipinski definition) is 1. The van der Waals surface area contributed by atoms with Crippen LogP contribution in [-0.4, -0.2) is 18.4 Å². The lowest BCUT2D eigenvalue weighted by molar-refractivity contribution is -0.121. The Morgan fingerprint density at radius 2 is 1.75 bits per heavy atom. The monoisotopic (exact) mass is 388 g/mol. The lowest BCUT2D eigenvalue weighted by atomic mass is 10.1. The molecule has 0 spiro atoms. The predicted molar refractivity (Wildman–Crippen MR) is 99.8 cm³/mol. The molecule has 2 aromatic carbocycles. The number of amides is 2. The minimum atomic E-state index is -0.0893. The fraction of sp³-hybridized carbons (Fsp3) is 0.263. The van der Waals surface area contributed by atoms with Crippen molar-refractivity contribution in [2.45, 2.75) is 26.8 Å². The van der Waals surface area contributed by atoms with Gasteiger partial charge in [0.05, 0.1) is 5.69 Å². The maximum Gasteiger partial charge on any atom is 0.223 e. The molecule has 0 fully saturated rings. The predicted octanol–water partition coefficient (Wildman–Crippen LogP) is 3.82. The summed E-state index contributed by atoms with van der Waals surface area (Å²) in [4.78, 5) is 25.6. The van der Waals surface area contributed by atoms with Crippen molar-refractivity contribution >= 4 is 33.4 Å². The van der Waals surface area contributed by atoms with E-state index in [1.807, 2.05) is 55.5 Å². The van der Waals surface area contributed by atoms with Crippen molar-refractivity contribution < 1.29 is 9.59 Å². The smallest absolute Gasteiger partial charge is 0.223 e. The number of halogens is 1. The standard InChI is InChI=1S/C19H21BrN2O2/c1-14-7-3-4-8-16(14)13-21-19(24)11-12-22(15(2)23)18-10-6-5-9-17(18)20/h3-10H,11-13H2,1-2H3,(H,21,24). The SMILES string of the molecule is CC(=O)N(CCC(=O)NCc1ccccc1C)c1ccccc1Br. The number of carbonyl (C=O) groups excluding carboxylic acids is 2. The number of benzene rings is 2. The Kier molecular flexibility index (Phi) is 6.55. The van der Waals surface area contributed by atoms with E-state index in [1.165, 1.54) is 6.92 Å². The van der Waals surface area contributed by atoms with E-state index in [1.54, 1.807) is 4.90 Å². The summed E-state index contributed by atoms with van der Waals surface area (Å²) in [5.74, 6) is -0.162. The largest absolute Gasteiger partial charge is 0.352 e. The summed E-state index contributed by atoms with van der Waals surface area (Å²) >= 11 is 3.45. The molecule has 0 aromatic heterocycles. The van der Waals surface area contributed by atoms with Crippen LogP contribution < -0.4 is 10.2 Å². The minimum Gasteiger partial charge on any atom is -0.352 e. The van der Waals surface area contributed by atoms with Gasteiger partial charge in [0.15, 0.2) is 0 Å². The number of nitrogens with one attached hydrogen (secondary N) is 1. The van der Waals surface area contributed by atoms with Crippen LogP contribution in [0, 0.1) is 6.92 Å². The van der Waals surface area contributed by atoms with E-state index in [-0.39, 0.29) is 18.2 Å². The molecule has 0 unspecified atom stereocenters. The van der Waals surface area contributed by atoms with Gasteiger partial charge in [-0.05, 0) is 46.1 Å². The summed E-state index contributed by atoms with van der Waals surface area (Å²) in [6.45, 7) is 4.37. The highest BCUT2D eigenvalue weighted by Crippen LogP contribution is 2.25. The first-order valence-corrected chi connectivity index (χ1v) is 8.62. The van der Waals surface area contributed by atoms with Gasteiger partial charge >= 0.3 is 0 Å². The van der Waals surface area contributed by atoms with Crippen LogP contribution in [0.3, 0.4) is 0 Å². The second kappa shape index (κ2) is 8.64. The van der Waals surface area contributed by atoms with Gasteiger partial charge in [0.25, 0.3) is 0 Å². The van der Waals surface area contributed by atoms with E-state index in [0.29, 0.717) is 13.1 Å². The fourth-order valence-electron chi connectivity index (χ4n) is 2.42. The molecule has 0 atom stereocenters. The summed E-state index contributed by atoms with van der Waals surface area (Å²) in [6, 6.07) is 15.4. The molecule has 0 radical (unpaired) electrons. The second-order valence-electron chi connectivity index (χ2n) is 5.58. The Morgan fingerprint density at radius 1 is 1.08 bits per heavy atom. The molecule has 1 N–H and O–H groups in total. The number of carbonyl (C=O) groups is 2. The van der Waals surface area contributed by atoms with E-state index in [2.05, 4.69) is 21.2 Å². The van der Waals surface area contributed by atoms with Crippen molar-refractivity contribution in [3.8, 4) is 0 Å². The Labute approximate surface area is 151 Å². The Balaban J connectivity index is 1.93. The summed E-state index contributed by atoms with van der Waals surface area (Å²) in [6.07, 6.45) is 0.257. The van der Waals surface area contributed by atoms with E-state index >= 15 is 0 Å². The van der Waals surface area contributed by atoms with Gasteiger partial charge in [-0.1, -0.05) is 36.4 Å². The molecule has 2 amide bonds. The minimum absolute atomic E-state index is 0.0726. The van der Waals surface area contributed by atoms with Gasteiger partial charge in [-0.25, -0.2) is 0 Å². The van der Waals surface area contributed by atoms with Crippen molar-refractivity contribution in [2.24, 2.45) is 0 Å². The number of rotatable bonds is 6. The lowest BCUT2D eigenvalue weighted by Gasteiger charge is -2.22. The first-order chi connectivity index (χ1) is 11.5. The van der Waals surface area contributed by atoms with Crippen LogP contribution >= 0.6 is 15.9 Å². The number of para-hydroxylation sites is 1. The third-order valence-corrected chi connectivity index (χ3v) is 4.49. The molecule has 4 nitrogen and oxygen atoms in total. The van der Waals surface area contributed by atoms with Gasteiger partial charge < -0.3 is 10.2 Å². The van der Waals surface area contributed by atoms with Crippen molar-refractivity contribution in [3.05, 3.63) is 64.1 Å². The van der Waals surface area contributed by atoms with E-state index in [9.17, 15) is 9.59 Å². The molecular formula is C19H21BrN2O2. The molecule has 0 saturated heterocycles. The number of anilines is 1. The van der Waals surface area contributed by atoms with Crippen molar-refractivity contribution in [2.75, 3.05) is 11.4 Å². The highest BCUT2D eigenvalue weighted by atomic mass is 79.9. The Morgan fingerprint density at radius 3 is 2.42 bits per heavy atom. The van der Waals surface area contributed by atoms with Gasteiger partial charge in [0, 0.05) is 30.9 Å². The van der Waals surface area contributed by atoms with Crippen LogP contribution in [0.25, 0.3) is 0 Å². The summed E-state index contributed by atoms with van der Waals surface area (Å²) in [5, 5.41) is 2.91. The molecule has 5 heteroatoms. The third kappa shape index (κ3) is 4.93. The normalized spacial score (nSPS) is 10.3. The first-order valence-electron chi connectivity index (χ1n) is 7.83. The molecule has 0 aliphatic rings. The zero-order valence-corrected chi connectivity index (χ0v) is 15.5. The van der Waals surface area contributed by atoms with Gasteiger partial charge in [-0.2, -0.15) is 0 Å². The first kappa shape index (κ1) is 18.2. The lowest BCUT2D eigenvalue weighted by Crippen LogP contribution is -2.34. The molecule has 0 aliphatic carbocycles. The van der Waals surface area contributed by atoms with Crippen LogP contribution in [0.1, 0.15) is 24.5 Å². The van der Waals surface area contributed by atoms with Crippen molar-refractivity contribution in [1.29, 1.82) is 0 Å². The quantitative estimate of drug-likeness (QED) is 0.817. The Hall–Kier alpha value is -2.14. The molecular weight excluding hydrogens is 368 g/mol. The molecule has 0 saturated carbocycles. The zero-order valence-electron chi connectivity index (χ0n) is 13.9.